The molecule has 0 heterocycles. The van der Waals surface area contributed by atoms with Crippen molar-refractivity contribution in [3.8, 4) is 6.07 Å². The van der Waals surface area contributed by atoms with Crippen LogP contribution >= 0.6 is 11.8 Å². The summed E-state index contributed by atoms with van der Waals surface area (Å²) >= 11 is 1.61. The summed E-state index contributed by atoms with van der Waals surface area (Å²) in [5.74, 6) is -0.218. The molecule has 0 unspecified atom stereocenters. The fourth-order valence-corrected chi connectivity index (χ4v) is 4.62. The van der Waals surface area contributed by atoms with Crippen LogP contribution < -0.4 is 0 Å². The first-order chi connectivity index (χ1) is 8.15. The Bertz CT molecular complexity index is 462. The van der Waals surface area contributed by atoms with Crippen LogP contribution in [0.15, 0.2) is 29.2 Å². The number of hydrogen-bond donors (Lipinski definition) is 0. The minimum atomic E-state index is -0.252. The Balaban J connectivity index is 1.71. The molecule has 1 spiro atoms. The molecule has 0 atom stereocenters. The number of benzene rings is 1. The summed E-state index contributed by atoms with van der Waals surface area (Å²) < 4.78 is 12.6. The molecule has 1 nitrogen and oxygen atoms in total. The molecule has 0 aromatic heterocycles. The highest BCUT2D eigenvalue weighted by atomic mass is 32.2. The lowest BCUT2D eigenvalue weighted by Gasteiger charge is -2.57. The Morgan fingerprint density at radius 2 is 1.82 bits per heavy atom. The van der Waals surface area contributed by atoms with Crippen LogP contribution in [0.4, 0.5) is 4.39 Å². The molecule has 0 saturated heterocycles. The van der Waals surface area contributed by atoms with Gasteiger partial charge in [-0.25, -0.2) is 4.39 Å². The second-order valence-corrected chi connectivity index (χ2v) is 6.83. The predicted molar refractivity (Wildman–Crippen MR) is 66.1 cm³/mol. The van der Waals surface area contributed by atoms with Crippen molar-refractivity contribution in [2.45, 2.75) is 41.7 Å². The van der Waals surface area contributed by atoms with Crippen molar-refractivity contribution in [3.05, 3.63) is 30.1 Å². The molecule has 2 aliphatic carbocycles. The average Bonchev–Trinajstić information content (AvgIpc) is 2.23. The Kier molecular flexibility index (Phi) is 2.45. The predicted octanol–water partition coefficient (Wildman–Crippen LogP) is 4.14. The van der Waals surface area contributed by atoms with E-state index in [1.165, 1.54) is 31.4 Å². The fourth-order valence-electron chi connectivity index (χ4n) is 3.09. The van der Waals surface area contributed by atoms with E-state index >= 15 is 0 Å². The summed E-state index contributed by atoms with van der Waals surface area (Å²) in [6.45, 7) is 0. The van der Waals surface area contributed by atoms with E-state index in [1.54, 1.807) is 23.9 Å². The van der Waals surface area contributed by atoms with E-state index < -0.39 is 0 Å². The maximum absolute atomic E-state index is 12.8. The van der Waals surface area contributed by atoms with Gasteiger partial charge in [-0.15, -0.1) is 11.8 Å². The van der Waals surface area contributed by atoms with E-state index in [1.807, 2.05) is 0 Å². The lowest BCUT2D eigenvalue weighted by atomic mass is 9.52. The lowest BCUT2D eigenvalue weighted by molar-refractivity contribution is 0.0152. The average molecular weight is 247 g/mol. The van der Waals surface area contributed by atoms with Crippen molar-refractivity contribution in [1.29, 1.82) is 5.26 Å². The second-order valence-electron chi connectivity index (χ2n) is 5.37. The molecule has 3 rings (SSSR count). The first-order valence-corrected chi connectivity index (χ1v) is 6.83. The molecule has 0 N–H and O–H groups in total. The molecule has 88 valence electrons. The number of halogens is 1. The molecule has 0 bridgehead atoms. The van der Waals surface area contributed by atoms with E-state index in [0.29, 0.717) is 5.41 Å². The van der Waals surface area contributed by atoms with Crippen LogP contribution in [0.5, 0.6) is 0 Å². The Hall–Kier alpha value is -1.01. The lowest BCUT2D eigenvalue weighted by Crippen LogP contribution is -2.52. The van der Waals surface area contributed by atoms with Gasteiger partial charge in [0.25, 0.3) is 0 Å². The zero-order chi connectivity index (χ0) is 11.9. The Morgan fingerprint density at radius 3 is 2.29 bits per heavy atom. The molecule has 2 saturated carbocycles. The van der Waals surface area contributed by atoms with Crippen molar-refractivity contribution >= 4 is 11.8 Å². The smallest absolute Gasteiger partial charge is 0.123 e. The molecule has 17 heavy (non-hydrogen) atoms. The van der Waals surface area contributed by atoms with Crippen LogP contribution in [-0.2, 0) is 0 Å². The van der Waals surface area contributed by atoms with Gasteiger partial charge in [-0.05, 0) is 55.4 Å². The van der Waals surface area contributed by atoms with Gasteiger partial charge < -0.3 is 0 Å². The summed E-state index contributed by atoms with van der Waals surface area (Å²) in [6, 6.07) is 8.94. The third kappa shape index (κ3) is 1.85. The second kappa shape index (κ2) is 3.74. The number of hydrogen-bond acceptors (Lipinski definition) is 2. The molecule has 2 aliphatic rings. The normalized spacial score (nSPS) is 23.5. The molecule has 3 heteroatoms. The van der Waals surface area contributed by atoms with Crippen molar-refractivity contribution in [3.63, 3.8) is 0 Å². The molecule has 0 radical (unpaired) electrons. The zero-order valence-electron chi connectivity index (χ0n) is 9.58. The number of rotatable bonds is 2. The van der Waals surface area contributed by atoms with Crippen LogP contribution in [0.2, 0.25) is 0 Å². The van der Waals surface area contributed by atoms with Crippen LogP contribution in [0.1, 0.15) is 32.1 Å². The van der Waals surface area contributed by atoms with E-state index in [-0.39, 0.29) is 10.6 Å². The summed E-state index contributed by atoms with van der Waals surface area (Å²) in [7, 11) is 0. The van der Waals surface area contributed by atoms with E-state index in [4.69, 9.17) is 0 Å². The summed E-state index contributed by atoms with van der Waals surface area (Å²) in [5, 5.41) is 9.36. The molecule has 1 aromatic carbocycles. The highest BCUT2D eigenvalue weighted by Gasteiger charge is 2.58. The van der Waals surface area contributed by atoms with Crippen molar-refractivity contribution in [1.82, 2.24) is 0 Å². The maximum Gasteiger partial charge on any atom is 0.123 e. The number of nitriles is 1. The molecule has 0 amide bonds. The maximum atomic E-state index is 12.8. The fraction of sp³-hybridized carbons (Fsp3) is 0.500. The minimum absolute atomic E-state index is 0.218. The third-order valence-electron chi connectivity index (χ3n) is 4.07. The largest absolute Gasteiger partial charge is 0.207 e. The number of nitrogens with zero attached hydrogens (tertiary/aromatic N) is 1. The van der Waals surface area contributed by atoms with E-state index in [2.05, 4.69) is 6.07 Å². The Morgan fingerprint density at radius 1 is 1.18 bits per heavy atom. The highest BCUT2D eigenvalue weighted by molar-refractivity contribution is 8.01. The molecule has 2 fully saturated rings. The van der Waals surface area contributed by atoms with Crippen molar-refractivity contribution in [2.24, 2.45) is 5.41 Å². The van der Waals surface area contributed by atoms with Gasteiger partial charge in [-0.1, -0.05) is 6.42 Å². The standard InChI is InChI=1S/C14H14FNS/c15-11-2-4-12(5-3-11)17-14(10-16)8-13(9-14)6-1-7-13/h2-5H,1,6-9H2. The highest BCUT2D eigenvalue weighted by Crippen LogP contribution is 2.65. The van der Waals surface area contributed by atoms with Gasteiger partial charge in [0.1, 0.15) is 10.6 Å². The van der Waals surface area contributed by atoms with E-state index in [9.17, 15) is 9.65 Å². The van der Waals surface area contributed by atoms with Gasteiger partial charge in [0.2, 0.25) is 0 Å². The van der Waals surface area contributed by atoms with Gasteiger partial charge in [0.05, 0.1) is 6.07 Å². The van der Waals surface area contributed by atoms with Gasteiger partial charge in [-0.2, -0.15) is 5.26 Å². The summed E-state index contributed by atoms with van der Waals surface area (Å²) in [6.07, 6.45) is 5.93. The number of thioether (sulfide) groups is 1. The quantitative estimate of drug-likeness (QED) is 0.784. The monoisotopic (exact) mass is 247 g/mol. The third-order valence-corrected chi connectivity index (χ3v) is 5.34. The van der Waals surface area contributed by atoms with Crippen molar-refractivity contribution < 1.29 is 4.39 Å². The SMILES string of the molecule is N#CC1(Sc2ccc(F)cc2)CC2(CCC2)C1. The Labute approximate surface area is 105 Å². The van der Waals surface area contributed by atoms with Crippen molar-refractivity contribution in [2.75, 3.05) is 0 Å². The molecule has 0 aliphatic heterocycles. The van der Waals surface area contributed by atoms with Crippen LogP contribution in [0.3, 0.4) is 0 Å². The molecular formula is C14H14FNS. The minimum Gasteiger partial charge on any atom is -0.207 e. The van der Waals surface area contributed by atoms with E-state index in [0.717, 1.165) is 17.7 Å². The summed E-state index contributed by atoms with van der Waals surface area (Å²) in [5.41, 5.74) is 0.489. The van der Waals surface area contributed by atoms with Crippen LogP contribution in [0.25, 0.3) is 0 Å². The van der Waals surface area contributed by atoms with Crippen LogP contribution in [0, 0.1) is 22.6 Å². The van der Waals surface area contributed by atoms with Crippen LogP contribution in [-0.4, -0.2) is 4.75 Å². The topological polar surface area (TPSA) is 23.8 Å². The van der Waals surface area contributed by atoms with Gasteiger partial charge in [-0.3, -0.25) is 0 Å². The first kappa shape index (κ1) is 11.1. The zero-order valence-corrected chi connectivity index (χ0v) is 10.4. The van der Waals surface area contributed by atoms with Gasteiger partial charge in [0, 0.05) is 4.90 Å². The molecular weight excluding hydrogens is 233 g/mol. The van der Waals surface area contributed by atoms with Gasteiger partial charge in [0.15, 0.2) is 0 Å². The first-order valence-electron chi connectivity index (χ1n) is 6.01. The summed E-state index contributed by atoms with van der Waals surface area (Å²) in [4.78, 5) is 1.00. The van der Waals surface area contributed by atoms with Gasteiger partial charge >= 0.3 is 0 Å². The molecule has 1 aromatic rings.